The quantitative estimate of drug-likeness (QED) is 0.423. The number of aldehydes is 1. The minimum absolute atomic E-state index is 0.448. The predicted molar refractivity (Wildman–Crippen MR) is 141 cm³/mol. The van der Waals surface area contributed by atoms with Gasteiger partial charge < -0.3 is 9.64 Å². The second-order valence-corrected chi connectivity index (χ2v) is 10.2. The van der Waals surface area contributed by atoms with Crippen molar-refractivity contribution in [2.45, 2.75) is 57.9 Å². The average molecular weight is 476 g/mol. The van der Waals surface area contributed by atoms with Crippen molar-refractivity contribution in [2.75, 3.05) is 44.3 Å². The molecule has 0 spiro atoms. The third-order valence-electron chi connectivity index (χ3n) is 7.61. The van der Waals surface area contributed by atoms with Gasteiger partial charge in [0, 0.05) is 38.1 Å². The predicted octanol–water partition coefficient (Wildman–Crippen LogP) is 4.81. The fourth-order valence-electron chi connectivity index (χ4n) is 5.61. The third kappa shape index (κ3) is 4.84. The van der Waals surface area contributed by atoms with Crippen LogP contribution < -0.4 is 4.90 Å². The van der Waals surface area contributed by atoms with Crippen LogP contribution in [0.1, 0.15) is 68.1 Å². The molecule has 1 aliphatic carbocycles. The topological polar surface area (TPSA) is 63.5 Å². The van der Waals surface area contributed by atoms with Crippen LogP contribution in [0.25, 0.3) is 16.7 Å². The first-order chi connectivity index (χ1) is 17.1. The van der Waals surface area contributed by atoms with E-state index in [-0.39, 0.29) is 0 Å². The van der Waals surface area contributed by atoms with Gasteiger partial charge in [-0.2, -0.15) is 5.10 Å². The van der Waals surface area contributed by atoms with Gasteiger partial charge in [-0.25, -0.2) is 9.67 Å². The van der Waals surface area contributed by atoms with Crippen molar-refractivity contribution in [1.29, 1.82) is 0 Å². The molecule has 2 saturated heterocycles. The van der Waals surface area contributed by atoms with Crippen LogP contribution in [0.4, 0.5) is 5.69 Å². The first-order valence-electron chi connectivity index (χ1n) is 13.0. The molecule has 3 fully saturated rings. The van der Waals surface area contributed by atoms with E-state index >= 15 is 0 Å². The number of aromatic nitrogens is 3. The summed E-state index contributed by atoms with van der Waals surface area (Å²) in [6, 6.07) is 2.59. The van der Waals surface area contributed by atoms with Crippen molar-refractivity contribution in [3.8, 4) is 0 Å². The molecule has 2 aromatic heterocycles. The molecule has 3 aliphatic rings. The van der Waals surface area contributed by atoms with Gasteiger partial charge in [0.15, 0.2) is 11.9 Å². The number of rotatable bonds is 7. The summed E-state index contributed by atoms with van der Waals surface area (Å²) in [5.74, 6) is 0.448. The van der Waals surface area contributed by atoms with E-state index in [1.165, 1.54) is 12.0 Å². The SMILES string of the molecule is C=C/C=C(\C=C(C)C)n1nc(C2CCC2)c2c(N3CCC(N4CCOCC4)CC3)cc(C=O)nc21. The molecule has 0 aromatic carbocycles. The summed E-state index contributed by atoms with van der Waals surface area (Å²) in [5, 5.41) is 6.24. The summed E-state index contributed by atoms with van der Waals surface area (Å²) in [4.78, 5) is 21.8. The number of hydrogen-bond donors (Lipinski definition) is 0. The summed E-state index contributed by atoms with van der Waals surface area (Å²) >= 11 is 0. The Kier molecular flexibility index (Phi) is 7.16. The number of carbonyl (C=O) groups is 1. The molecule has 2 aromatic rings. The van der Waals surface area contributed by atoms with Crippen LogP contribution in [0, 0.1) is 0 Å². The molecule has 1 saturated carbocycles. The van der Waals surface area contributed by atoms with Gasteiger partial charge in [-0.3, -0.25) is 9.69 Å². The summed E-state index contributed by atoms with van der Waals surface area (Å²) in [6.45, 7) is 13.7. The number of ether oxygens (including phenoxy) is 1. The first kappa shape index (κ1) is 23.9. The second-order valence-electron chi connectivity index (χ2n) is 10.2. The Morgan fingerprint density at radius 1 is 1.11 bits per heavy atom. The minimum Gasteiger partial charge on any atom is -0.379 e. The van der Waals surface area contributed by atoms with E-state index in [2.05, 4.69) is 36.3 Å². The smallest absolute Gasteiger partial charge is 0.168 e. The third-order valence-corrected chi connectivity index (χ3v) is 7.61. The van der Waals surface area contributed by atoms with Crippen LogP contribution in [-0.4, -0.2) is 71.4 Å². The maximum absolute atomic E-state index is 12.0. The van der Waals surface area contributed by atoms with E-state index in [9.17, 15) is 4.79 Å². The molecule has 0 unspecified atom stereocenters. The van der Waals surface area contributed by atoms with E-state index < -0.39 is 0 Å². The lowest BCUT2D eigenvalue weighted by atomic mass is 9.82. The summed E-state index contributed by atoms with van der Waals surface area (Å²) in [6.07, 6.45) is 12.5. The highest BCUT2D eigenvalue weighted by Crippen LogP contribution is 2.43. The highest BCUT2D eigenvalue weighted by atomic mass is 16.5. The van der Waals surface area contributed by atoms with Crippen LogP contribution in [0.15, 0.2) is 36.4 Å². The molecule has 2 aliphatic heterocycles. The molecule has 0 atom stereocenters. The van der Waals surface area contributed by atoms with Crippen LogP contribution >= 0.6 is 0 Å². The van der Waals surface area contributed by atoms with Crippen molar-refractivity contribution >= 4 is 28.7 Å². The molecule has 5 rings (SSSR count). The van der Waals surface area contributed by atoms with Crippen LogP contribution in [0.5, 0.6) is 0 Å². The van der Waals surface area contributed by atoms with Gasteiger partial charge in [0.05, 0.1) is 35.7 Å². The van der Waals surface area contributed by atoms with Crippen molar-refractivity contribution in [2.24, 2.45) is 0 Å². The number of anilines is 1. The Labute approximate surface area is 208 Å². The Morgan fingerprint density at radius 3 is 2.46 bits per heavy atom. The van der Waals surface area contributed by atoms with E-state index in [0.717, 1.165) is 99.5 Å². The minimum atomic E-state index is 0.448. The average Bonchev–Trinajstić information content (AvgIpc) is 3.21. The van der Waals surface area contributed by atoms with Crippen LogP contribution in [0.3, 0.4) is 0 Å². The number of hydrogen-bond acceptors (Lipinski definition) is 6. The van der Waals surface area contributed by atoms with Crippen LogP contribution in [0.2, 0.25) is 0 Å². The molecule has 186 valence electrons. The zero-order chi connectivity index (χ0) is 24.4. The normalized spacial score (nSPS) is 20.6. The van der Waals surface area contributed by atoms with E-state index in [1.54, 1.807) is 6.08 Å². The van der Waals surface area contributed by atoms with Crippen molar-refractivity contribution < 1.29 is 9.53 Å². The molecular formula is C28H37N5O2. The molecule has 0 radical (unpaired) electrons. The monoisotopic (exact) mass is 475 g/mol. The number of morpholine rings is 1. The summed E-state index contributed by atoms with van der Waals surface area (Å²) in [7, 11) is 0. The van der Waals surface area contributed by atoms with Gasteiger partial charge in [0.25, 0.3) is 0 Å². The van der Waals surface area contributed by atoms with Crippen molar-refractivity contribution in [1.82, 2.24) is 19.7 Å². The molecule has 7 heteroatoms. The highest BCUT2D eigenvalue weighted by molar-refractivity contribution is 5.97. The maximum atomic E-state index is 12.0. The highest BCUT2D eigenvalue weighted by Gasteiger charge is 2.32. The van der Waals surface area contributed by atoms with Gasteiger partial charge >= 0.3 is 0 Å². The summed E-state index contributed by atoms with van der Waals surface area (Å²) in [5.41, 5.74) is 5.55. The molecular weight excluding hydrogens is 438 g/mol. The lowest BCUT2D eigenvalue weighted by Gasteiger charge is -2.41. The lowest BCUT2D eigenvalue weighted by molar-refractivity contribution is 0.0115. The molecule has 0 amide bonds. The molecule has 4 heterocycles. The Bertz CT molecular complexity index is 1140. The van der Waals surface area contributed by atoms with Gasteiger partial charge in [-0.15, -0.1) is 0 Å². The van der Waals surface area contributed by atoms with Crippen molar-refractivity contribution in [3.05, 3.63) is 47.8 Å². The number of pyridine rings is 1. The fraction of sp³-hybridized carbons (Fsp3) is 0.536. The van der Waals surface area contributed by atoms with Gasteiger partial charge in [-0.1, -0.05) is 24.6 Å². The fourth-order valence-corrected chi connectivity index (χ4v) is 5.61. The van der Waals surface area contributed by atoms with E-state index in [4.69, 9.17) is 14.8 Å². The number of nitrogens with zero attached hydrogens (tertiary/aromatic N) is 5. The Balaban J connectivity index is 1.57. The molecule has 0 bridgehead atoms. The number of piperidine rings is 1. The number of allylic oxidation sites excluding steroid dienone is 5. The van der Waals surface area contributed by atoms with Crippen LogP contribution in [-0.2, 0) is 4.74 Å². The lowest BCUT2D eigenvalue weighted by Crippen LogP contribution is -2.49. The second kappa shape index (κ2) is 10.5. The van der Waals surface area contributed by atoms with Gasteiger partial charge in [0.2, 0.25) is 0 Å². The van der Waals surface area contributed by atoms with E-state index in [0.29, 0.717) is 17.7 Å². The Morgan fingerprint density at radius 2 is 1.86 bits per heavy atom. The maximum Gasteiger partial charge on any atom is 0.168 e. The van der Waals surface area contributed by atoms with Gasteiger partial charge in [0.1, 0.15) is 5.69 Å². The molecule has 35 heavy (non-hydrogen) atoms. The Hall–Kier alpha value is -2.77. The summed E-state index contributed by atoms with van der Waals surface area (Å²) < 4.78 is 7.48. The zero-order valence-corrected chi connectivity index (χ0v) is 21.1. The number of carbonyl (C=O) groups excluding carboxylic acids is 1. The number of fused-ring (bicyclic) bond motifs is 1. The van der Waals surface area contributed by atoms with E-state index in [1.807, 2.05) is 16.8 Å². The van der Waals surface area contributed by atoms with Crippen molar-refractivity contribution in [3.63, 3.8) is 0 Å². The van der Waals surface area contributed by atoms with Gasteiger partial charge in [-0.05, 0) is 57.7 Å². The molecule has 7 nitrogen and oxygen atoms in total. The largest absolute Gasteiger partial charge is 0.379 e. The standard InChI is InChI=1S/C28H37N5O2/c1-4-6-24(17-20(2)3)33-28-26(27(30-33)21-7-5-8-21)25(18-22(19-34)29-28)32-11-9-23(10-12-32)31-13-15-35-16-14-31/h4,6,17-19,21,23H,1,5,7-16H2,2-3H3/b24-6+. The zero-order valence-electron chi connectivity index (χ0n) is 21.1. The molecule has 0 N–H and O–H groups in total. The first-order valence-corrected chi connectivity index (χ1v) is 13.0.